The van der Waals surface area contributed by atoms with E-state index < -0.39 is 0 Å². The lowest BCUT2D eigenvalue weighted by molar-refractivity contribution is -0.129. The molecule has 0 heterocycles. The number of benzene rings is 1. The van der Waals surface area contributed by atoms with Gasteiger partial charge in [0.05, 0.1) is 13.7 Å². The van der Waals surface area contributed by atoms with Gasteiger partial charge in [-0.1, -0.05) is 22.9 Å². The maximum absolute atomic E-state index is 11.8. The van der Waals surface area contributed by atoms with Crippen LogP contribution >= 0.6 is 15.9 Å². The highest BCUT2D eigenvalue weighted by Gasteiger charge is 2.11. The van der Waals surface area contributed by atoms with Crippen molar-refractivity contribution in [2.24, 2.45) is 0 Å². The van der Waals surface area contributed by atoms with Crippen LogP contribution in [0.15, 0.2) is 22.7 Å². The second kappa shape index (κ2) is 7.38. The van der Waals surface area contributed by atoms with E-state index in [4.69, 9.17) is 4.74 Å². The molecule has 0 aromatic heterocycles. The highest BCUT2D eigenvalue weighted by molar-refractivity contribution is 9.10. The molecule has 1 rings (SSSR count). The molecule has 100 valence electrons. The van der Waals surface area contributed by atoms with Gasteiger partial charge in [0.15, 0.2) is 0 Å². The van der Waals surface area contributed by atoms with Crippen LogP contribution in [0, 0.1) is 0 Å². The van der Waals surface area contributed by atoms with E-state index >= 15 is 0 Å². The first kappa shape index (κ1) is 15.0. The molecular formula is C13H19BrN2O2. The molecule has 0 unspecified atom stereocenters. The lowest BCUT2D eigenvalue weighted by Crippen LogP contribution is -2.35. The van der Waals surface area contributed by atoms with E-state index in [1.165, 1.54) is 0 Å². The van der Waals surface area contributed by atoms with Gasteiger partial charge in [-0.25, -0.2) is 0 Å². The Hall–Kier alpha value is -1.07. The van der Waals surface area contributed by atoms with Gasteiger partial charge in [-0.3, -0.25) is 4.79 Å². The maximum atomic E-state index is 11.8. The van der Waals surface area contributed by atoms with Crippen LogP contribution in [0.25, 0.3) is 0 Å². The van der Waals surface area contributed by atoms with E-state index in [1.807, 2.05) is 25.1 Å². The summed E-state index contributed by atoms with van der Waals surface area (Å²) in [6.07, 6.45) is 0. The Morgan fingerprint density at radius 1 is 1.50 bits per heavy atom. The molecule has 5 heteroatoms. The van der Waals surface area contributed by atoms with Gasteiger partial charge >= 0.3 is 0 Å². The Morgan fingerprint density at radius 2 is 2.22 bits per heavy atom. The number of amides is 1. The molecule has 0 aliphatic heterocycles. The van der Waals surface area contributed by atoms with Crippen molar-refractivity contribution in [3.63, 3.8) is 0 Å². The standard InChI is InChI=1S/C13H19BrN2O2/c1-4-15-8-13(17)16(2)9-10-7-11(14)5-6-12(10)18-3/h5-7,15H,4,8-9H2,1-3H3. The molecule has 1 N–H and O–H groups in total. The summed E-state index contributed by atoms with van der Waals surface area (Å²) in [5, 5.41) is 3.02. The third-order valence-electron chi connectivity index (χ3n) is 2.60. The van der Waals surface area contributed by atoms with Crippen LogP contribution in [0.4, 0.5) is 0 Å². The van der Waals surface area contributed by atoms with Gasteiger partial charge in [-0.15, -0.1) is 0 Å². The third-order valence-corrected chi connectivity index (χ3v) is 3.10. The van der Waals surface area contributed by atoms with E-state index in [-0.39, 0.29) is 5.91 Å². The van der Waals surface area contributed by atoms with Crippen molar-refractivity contribution < 1.29 is 9.53 Å². The number of ether oxygens (including phenoxy) is 1. The molecule has 0 spiro atoms. The topological polar surface area (TPSA) is 41.6 Å². The van der Waals surface area contributed by atoms with E-state index in [9.17, 15) is 4.79 Å². The number of rotatable bonds is 6. The molecule has 0 aliphatic carbocycles. The molecular weight excluding hydrogens is 296 g/mol. The second-order valence-electron chi connectivity index (χ2n) is 3.99. The predicted octanol–water partition coefficient (Wildman–Crippen LogP) is 2.03. The van der Waals surface area contributed by atoms with Crippen molar-refractivity contribution in [1.29, 1.82) is 0 Å². The first-order valence-electron chi connectivity index (χ1n) is 5.85. The highest BCUT2D eigenvalue weighted by Crippen LogP contribution is 2.23. The molecule has 4 nitrogen and oxygen atoms in total. The average molecular weight is 315 g/mol. The smallest absolute Gasteiger partial charge is 0.236 e. The first-order chi connectivity index (χ1) is 8.58. The van der Waals surface area contributed by atoms with Crippen molar-refractivity contribution >= 4 is 21.8 Å². The maximum Gasteiger partial charge on any atom is 0.236 e. The molecule has 0 bridgehead atoms. The predicted molar refractivity (Wildman–Crippen MR) is 75.7 cm³/mol. The molecule has 18 heavy (non-hydrogen) atoms. The molecule has 0 saturated heterocycles. The Morgan fingerprint density at radius 3 is 2.83 bits per heavy atom. The van der Waals surface area contributed by atoms with Gasteiger partial charge in [0.1, 0.15) is 5.75 Å². The van der Waals surface area contributed by atoms with Crippen LogP contribution in [0.3, 0.4) is 0 Å². The number of likely N-dealkylation sites (N-methyl/N-ethyl adjacent to an activating group) is 2. The fourth-order valence-corrected chi connectivity index (χ4v) is 1.99. The Bertz CT molecular complexity index is 410. The Labute approximate surface area is 116 Å². The molecule has 0 aliphatic rings. The number of carbonyl (C=O) groups excluding carboxylic acids is 1. The Balaban J connectivity index is 2.71. The number of hydrogen-bond donors (Lipinski definition) is 1. The fourth-order valence-electron chi connectivity index (χ4n) is 1.58. The number of nitrogens with zero attached hydrogens (tertiary/aromatic N) is 1. The zero-order valence-corrected chi connectivity index (χ0v) is 12.6. The van der Waals surface area contributed by atoms with E-state index in [0.717, 1.165) is 22.3 Å². The van der Waals surface area contributed by atoms with Crippen LogP contribution in [-0.2, 0) is 11.3 Å². The van der Waals surface area contributed by atoms with Gasteiger partial charge in [-0.05, 0) is 24.7 Å². The summed E-state index contributed by atoms with van der Waals surface area (Å²) in [6.45, 7) is 3.67. The summed E-state index contributed by atoms with van der Waals surface area (Å²) >= 11 is 3.42. The highest BCUT2D eigenvalue weighted by atomic mass is 79.9. The van der Waals surface area contributed by atoms with Gasteiger partial charge in [0, 0.05) is 23.6 Å². The molecule has 0 saturated carbocycles. The molecule has 0 atom stereocenters. The minimum absolute atomic E-state index is 0.0684. The van der Waals surface area contributed by atoms with Crippen LogP contribution in [0.5, 0.6) is 5.75 Å². The second-order valence-corrected chi connectivity index (χ2v) is 4.90. The van der Waals surface area contributed by atoms with Gasteiger partial charge < -0.3 is 15.0 Å². The van der Waals surface area contributed by atoms with Crippen molar-refractivity contribution in [2.75, 3.05) is 27.2 Å². The summed E-state index contributed by atoms with van der Waals surface area (Å²) in [7, 11) is 3.42. The van der Waals surface area contributed by atoms with Gasteiger partial charge in [0.2, 0.25) is 5.91 Å². The summed E-state index contributed by atoms with van der Waals surface area (Å²) < 4.78 is 6.27. The number of hydrogen-bond acceptors (Lipinski definition) is 3. The van der Waals surface area contributed by atoms with Crippen molar-refractivity contribution in [1.82, 2.24) is 10.2 Å². The zero-order chi connectivity index (χ0) is 13.5. The first-order valence-corrected chi connectivity index (χ1v) is 6.64. The lowest BCUT2D eigenvalue weighted by atomic mass is 10.2. The summed E-state index contributed by atoms with van der Waals surface area (Å²) in [5.74, 6) is 0.861. The van der Waals surface area contributed by atoms with Crippen molar-refractivity contribution in [2.45, 2.75) is 13.5 Å². The van der Waals surface area contributed by atoms with Crippen LogP contribution < -0.4 is 10.1 Å². The van der Waals surface area contributed by atoms with E-state index in [2.05, 4.69) is 21.2 Å². The van der Waals surface area contributed by atoms with Gasteiger partial charge in [-0.2, -0.15) is 0 Å². The SMILES string of the molecule is CCNCC(=O)N(C)Cc1cc(Br)ccc1OC. The number of methoxy groups -OCH3 is 1. The monoisotopic (exact) mass is 314 g/mol. The van der Waals surface area contributed by atoms with Crippen LogP contribution in [0.2, 0.25) is 0 Å². The van der Waals surface area contributed by atoms with Crippen LogP contribution in [-0.4, -0.2) is 38.1 Å². The minimum atomic E-state index is 0.0684. The molecule has 1 aromatic rings. The van der Waals surface area contributed by atoms with Crippen molar-refractivity contribution in [3.05, 3.63) is 28.2 Å². The number of halogens is 1. The fraction of sp³-hybridized carbons (Fsp3) is 0.462. The largest absolute Gasteiger partial charge is 0.496 e. The van der Waals surface area contributed by atoms with Crippen molar-refractivity contribution in [3.8, 4) is 5.75 Å². The average Bonchev–Trinajstić information content (AvgIpc) is 2.36. The lowest BCUT2D eigenvalue weighted by Gasteiger charge is -2.19. The molecule has 0 radical (unpaired) electrons. The number of nitrogens with one attached hydrogen (secondary N) is 1. The third kappa shape index (κ3) is 4.31. The summed E-state index contributed by atoms with van der Waals surface area (Å²) in [6, 6.07) is 5.78. The molecule has 1 amide bonds. The summed E-state index contributed by atoms with van der Waals surface area (Å²) in [4.78, 5) is 13.5. The molecule has 1 aromatic carbocycles. The molecule has 0 fully saturated rings. The minimum Gasteiger partial charge on any atom is -0.496 e. The Kier molecular flexibility index (Phi) is 6.15. The summed E-state index contributed by atoms with van der Waals surface area (Å²) in [5.41, 5.74) is 0.985. The van der Waals surface area contributed by atoms with Crippen LogP contribution in [0.1, 0.15) is 12.5 Å². The van der Waals surface area contributed by atoms with E-state index in [1.54, 1.807) is 19.1 Å². The van der Waals surface area contributed by atoms with E-state index in [0.29, 0.717) is 13.1 Å². The normalized spacial score (nSPS) is 10.2. The number of carbonyl (C=O) groups is 1. The van der Waals surface area contributed by atoms with Gasteiger partial charge in [0.25, 0.3) is 0 Å². The quantitative estimate of drug-likeness (QED) is 0.873. The zero-order valence-electron chi connectivity index (χ0n) is 11.0.